The lowest BCUT2D eigenvalue weighted by Crippen LogP contribution is -2.47. The number of hydrogen-bond acceptors (Lipinski definition) is 7. The van der Waals surface area contributed by atoms with E-state index in [9.17, 15) is 4.79 Å². The Morgan fingerprint density at radius 3 is 1.84 bits per heavy atom. The van der Waals surface area contributed by atoms with E-state index >= 15 is 0 Å². The second kappa shape index (κ2) is 13.3. The van der Waals surface area contributed by atoms with Crippen molar-refractivity contribution in [1.29, 1.82) is 0 Å². The van der Waals surface area contributed by atoms with Gasteiger partial charge in [0, 0.05) is 0 Å². The summed E-state index contributed by atoms with van der Waals surface area (Å²) in [6.45, 7) is 4.46. The number of benzene rings is 3. The smallest absolute Gasteiger partial charge is 0.164 e. The molecule has 0 N–H and O–H groups in total. The van der Waals surface area contributed by atoms with Gasteiger partial charge in [-0.1, -0.05) is 96.2 Å². The number of aldehydes is 1. The second-order valence-corrected chi connectivity index (χ2v) is 9.24. The first-order chi connectivity index (χ1) is 18.0. The standard InChI is InChI=1S/C30H33NO6/c1-30(2)36-27(19-32)29(37-30)28(34-21-24-14-8-4-9-15-24)26(33-20-23-12-6-3-7-13-23)18-31-35-22-25-16-10-5-11-17-25/h3-19,26-29H,20-22H2,1-2H3/b31-18-/t26-,27+,28+,29+/m0/s1. The molecule has 4 atom stereocenters. The molecule has 0 amide bonds. The van der Waals surface area contributed by atoms with Crippen molar-refractivity contribution in [3.63, 3.8) is 0 Å². The average molecular weight is 504 g/mol. The summed E-state index contributed by atoms with van der Waals surface area (Å²) < 4.78 is 24.7. The summed E-state index contributed by atoms with van der Waals surface area (Å²) in [6, 6.07) is 29.4. The Bertz CT molecular complexity index is 1110. The van der Waals surface area contributed by atoms with Gasteiger partial charge in [-0.25, -0.2) is 0 Å². The van der Waals surface area contributed by atoms with Gasteiger partial charge >= 0.3 is 0 Å². The van der Waals surface area contributed by atoms with Crippen molar-refractivity contribution in [2.75, 3.05) is 0 Å². The van der Waals surface area contributed by atoms with Gasteiger partial charge in [-0.15, -0.1) is 0 Å². The van der Waals surface area contributed by atoms with Crippen molar-refractivity contribution in [2.45, 2.75) is 63.9 Å². The minimum absolute atomic E-state index is 0.293. The molecule has 1 aliphatic rings. The van der Waals surface area contributed by atoms with Crippen LogP contribution >= 0.6 is 0 Å². The van der Waals surface area contributed by atoms with Crippen molar-refractivity contribution in [3.05, 3.63) is 108 Å². The molecule has 194 valence electrons. The van der Waals surface area contributed by atoms with E-state index < -0.39 is 30.2 Å². The van der Waals surface area contributed by atoms with E-state index in [1.807, 2.05) is 91.0 Å². The normalized spacial score (nSPS) is 20.5. The monoisotopic (exact) mass is 503 g/mol. The quantitative estimate of drug-likeness (QED) is 0.184. The topological polar surface area (TPSA) is 75.6 Å². The Kier molecular flexibility index (Phi) is 9.57. The molecular weight excluding hydrogens is 470 g/mol. The first-order valence-corrected chi connectivity index (χ1v) is 12.4. The number of rotatable bonds is 13. The summed E-state index contributed by atoms with van der Waals surface area (Å²) in [4.78, 5) is 17.5. The van der Waals surface area contributed by atoms with E-state index in [-0.39, 0.29) is 0 Å². The van der Waals surface area contributed by atoms with E-state index in [1.54, 1.807) is 20.1 Å². The van der Waals surface area contributed by atoms with Gasteiger partial charge in [-0.2, -0.15) is 0 Å². The SMILES string of the molecule is CC1(C)O[C@@H]([C@H](OCc2ccccc2)[C@H](/C=N\OCc2ccccc2)OCc2ccccc2)[C@@H](C=O)O1. The molecule has 3 aromatic rings. The highest BCUT2D eigenvalue weighted by atomic mass is 16.8. The molecule has 0 aliphatic carbocycles. The van der Waals surface area contributed by atoms with Crippen LogP contribution in [-0.2, 0) is 48.4 Å². The number of nitrogens with zero attached hydrogens (tertiary/aromatic N) is 1. The Hall–Kier alpha value is -3.36. The highest BCUT2D eigenvalue weighted by Crippen LogP contribution is 2.32. The van der Waals surface area contributed by atoms with Gasteiger partial charge in [0.05, 0.1) is 19.4 Å². The summed E-state index contributed by atoms with van der Waals surface area (Å²) in [6.07, 6.45) is -0.613. The summed E-state index contributed by atoms with van der Waals surface area (Å²) in [5, 5.41) is 4.20. The Balaban J connectivity index is 1.56. The average Bonchev–Trinajstić information content (AvgIpc) is 3.25. The van der Waals surface area contributed by atoms with Crippen LogP contribution in [0.4, 0.5) is 0 Å². The van der Waals surface area contributed by atoms with Gasteiger partial charge < -0.3 is 28.6 Å². The molecule has 0 spiro atoms. The van der Waals surface area contributed by atoms with Crippen molar-refractivity contribution in [1.82, 2.24) is 0 Å². The fraction of sp³-hybridized carbons (Fsp3) is 0.333. The molecular formula is C30H33NO6. The number of ether oxygens (including phenoxy) is 4. The van der Waals surface area contributed by atoms with Crippen molar-refractivity contribution >= 4 is 12.5 Å². The predicted octanol–water partition coefficient (Wildman–Crippen LogP) is 5.08. The minimum Gasteiger partial charge on any atom is -0.391 e. The minimum atomic E-state index is -0.949. The summed E-state index contributed by atoms with van der Waals surface area (Å²) in [5.74, 6) is -0.949. The largest absolute Gasteiger partial charge is 0.391 e. The highest BCUT2D eigenvalue weighted by molar-refractivity contribution is 5.65. The van der Waals surface area contributed by atoms with Crippen LogP contribution in [0, 0.1) is 0 Å². The van der Waals surface area contributed by atoms with Gasteiger partial charge in [0.25, 0.3) is 0 Å². The maximum Gasteiger partial charge on any atom is 0.164 e. The number of hydrogen-bond donors (Lipinski definition) is 0. The van der Waals surface area contributed by atoms with Crippen LogP contribution in [0.15, 0.2) is 96.2 Å². The molecule has 3 aromatic carbocycles. The zero-order chi connectivity index (χ0) is 25.9. The van der Waals surface area contributed by atoms with E-state index in [2.05, 4.69) is 5.16 Å². The molecule has 1 fully saturated rings. The molecule has 0 unspecified atom stereocenters. The zero-order valence-corrected chi connectivity index (χ0v) is 21.1. The zero-order valence-electron chi connectivity index (χ0n) is 21.1. The van der Waals surface area contributed by atoms with Gasteiger partial charge in [0.1, 0.15) is 31.0 Å². The Morgan fingerprint density at radius 1 is 0.784 bits per heavy atom. The summed E-state index contributed by atoms with van der Waals surface area (Å²) in [7, 11) is 0. The Labute approximate surface area is 217 Å². The molecule has 0 saturated carbocycles. The number of carbonyl (C=O) groups is 1. The first kappa shape index (κ1) is 26.7. The fourth-order valence-electron chi connectivity index (χ4n) is 4.10. The third-order valence-corrected chi connectivity index (χ3v) is 5.87. The van der Waals surface area contributed by atoms with Crippen LogP contribution < -0.4 is 0 Å². The van der Waals surface area contributed by atoms with Crippen LogP contribution in [0.2, 0.25) is 0 Å². The molecule has 1 saturated heterocycles. The second-order valence-electron chi connectivity index (χ2n) is 9.24. The lowest BCUT2D eigenvalue weighted by atomic mass is 10.0. The van der Waals surface area contributed by atoms with Crippen LogP contribution in [-0.4, -0.2) is 42.7 Å². The molecule has 7 heteroatoms. The van der Waals surface area contributed by atoms with E-state index in [0.717, 1.165) is 23.0 Å². The third kappa shape index (κ3) is 8.06. The van der Waals surface area contributed by atoms with E-state index in [1.165, 1.54) is 0 Å². The van der Waals surface area contributed by atoms with Crippen LogP contribution in [0.25, 0.3) is 0 Å². The number of oxime groups is 1. The van der Waals surface area contributed by atoms with Crippen molar-refractivity contribution < 1.29 is 28.6 Å². The maximum absolute atomic E-state index is 11.9. The van der Waals surface area contributed by atoms with Crippen LogP contribution in [0.1, 0.15) is 30.5 Å². The van der Waals surface area contributed by atoms with Crippen LogP contribution in [0.5, 0.6) is 0 Å². The number of carbonyl (C=O) groups excluding carboxylic acids is 1. The molecule has 37 heavy (non-hydrogen) atoms. The molecule has 0 radical (unpaired) electrons. The lowest BCUT2D eigenvalue weighted by molar-refractivity contribution is -0.171. The van der Waals surface area contributed by atoms with Crippen LogP contribution in [0.3, 0.4) is 0 Å². The third-order valence-electron chi connectivity index (χ3n) is 5.87. The highest BCUT2D eigenvalue weighted by Gasteiger charge is 2.48. The molecule has 7 nitrogen and oxygen atoms in total. The molecule has 1 aliphatic heterocycles. The lowest BCUT2D eigenvalue weighted by Gasteiger charge is -2.30. The van der Waals surface area contributed by atoms with Gasteiger partial charge in [-0.05, 0) is 30.5 Å². The first-order valence-electron chi connectivity index (χ1n) is 12.4. The van der Waals surface area contributed by atoms with Crippen molar-refractivity contribution in [2.24, 2.45) is 5.16 Å². The van der Waals surface area contributed by atoms with Gasteiger partial charge in [-0.3, -0.25) is 0 Å². The van der Waals surface area contributed by atoms with E-state index in [4.69, 9.17) is 23.8 Å². The molecule has 4 rings (SSSR count). The summed E-state index contributed by atoms with van der Waals surface area (Å²) >= 11 is 0. The molecule has 0 bridgehead atoms. The predicted molar refractivity (Wildman–Crippen MR) is 140 cm³/mol. The fourth-order valence-corrected chi connectivity index (χ4v) is 4.10. The van der Waals surface area contributed by atoms with Crippen molar-refractivity contribution in [3.8, 4) is 0 Å². The molecule has 1 heterocycles. The van der Waals surface area contributed by atoms with Gasteiger partial charge in [0.2, 0.25) is 0 Å². The Morgan fingerprint density at radius 2 is 1.30 bits per heavy atom. The van der Waals surface area contributed by atoms with E-state index in [0.29, 0.717) is 19.8 Å². The summed E-state index contributed by atoms with van der Waals surface area (Å²) in [5.41, 5.74) is 2.96. The van der Waals surface area contributed by atoms with Gasteiger partial charge in [0.15, 0.2) is 12.1 Å². The maximum atomic E-state index is 11.9. The molecule has 0 aromatic heterocycles.